The topological polar surface area (TPSA) is 52.6 Å². The van der Waals surface area contributed by atoms with Crippen LogP contribution in [-0.2, 0) is 19.9 Å². The van der Waals surface area contributed by atoms with E-state index in [9.17, 15) is 9.59 Å². The first-order chi connectivity index (χ1) is 7.68. The van der Waals surface area contributed by atoms with Gasteiger partial charge in [0.2, 0.25) is 0 Å². The molecule has 0 aromatic heterocycles. The van der Waals surface area contributed by atoms with Crippen molar-refractivity contribution in [2.45, 2.75) is 12.5 Å². The fourth-order valence-electron chi connectivity index (χ4n) is 1.85. The smallest absolute Gasteiger partial charge is 0.303 e. The Labute approximate surface area is 93.2 Å². The van der Waals surface area contributed by atoms with Crippen LogP contribution in [0.2, 0.25) is 0 Å². The number of carbonyl (C=O) groups excluding carboxylic acids is 2. The van der Waals surface area contributed by atoms with Crippen molar-refractivity contribution in [3.05, 3.63) is 35.4 Å². The number of ether oxygens (including phenoxy) is 2. The van der Waals surface area contributed by atoms with Gasteiger partial charge < -0.3 is 9.47 Å². The van der Waals surface area contributed by atoms with E-state index < -0.39 is 5.60 Å². The van der Waals surface area contributed by atoms with E-state index in [-0.39, 0.29) is 5.97 Å². The fraction of sp³-hybridized carbons (Fsp3) is 0.333. The third-order valence-corrected chi connectivity index (χ3v) is 2.59. The van der Waals surface area contributed by atoms with Crippen molar-refractivity contribution in [2.75, 3.05) is 13.2 Å². The monoisotopic (exact) mass is 220 g/mol. The number of carbonyl (C=O) groups is 2. The molecule has 4 heteroatoms. The molecule has 2 rings (SSSR count). The highest BCUT2D eigenvalue weighted by atomic mass is 16.6. The van der Waals surface area contributed by atoms with Crippen molar-refractivity contribution < 1.29 is 19.1 Å². The maximum absolute atomic E-state index is 11.1. The van der Waals surface area contributed by atoms with Crippen molar-refractivity contribution in [3.63, 3.8) is 0 Å². The molecule has 4 nitrogen and oxygen atoms in total. The standard InChI is InChI=1S/C12H12O4/c1-9(14)16-12(7-15-8-12)11-5-3-2-4-10(11)6-13/h2-6H,7-8H2,1H3. The highest BCUT2D eigenvalue weighted by Gasteiger charge is 2.45. The second-order valence-corrected chi connectivity index (χ2v) is 3.79. The molecule has 0 N–H and O–H groups in total. The predicted molar refractivity (Wildman–Crippen MR) is 56.1 cm³/mol. The van der Waals surface area contributed by atoms with Crippen LogP contribution in [-0.4, -0.2) is 25.5 Å². The zero-order chi connectivity index (χ0) is 11.6. The van der Waals surface area contributed by atoms with E-state index in [2.05, 4.69) is 0 Å². The van der Waals surface area contributed by atoms with E-state index in [1.54, 1.807) is 18.2 Å². The summed E-state index contributed by atoms with van der Waals surface area (Å²) in [6.07, 6.45) is 0.763. The van der Waals surface area contributed by atoms with E-state index in [1.165, 1.54) is 6.92 Å². The van der Waals surface area contributed by atoms with Gasteiger partial charge in [0.15, 0.2) is 5.60 Å². The summed E-state index contributed by atoms with van der Waals surface area (Å²) in [6, 6.07) is 7.07. The molecule has 1 aromatic rings. The summed E-state index contributed by atoms with van der Waals surface area (Å²) in [7, 11) is 0. The van der Waals surface area contributed by atoms with E-state index >= 15 is 0 Å². The van der Waals surface area contributed by atoms with Crippen molar-refractivity contribution in [1.29, 1.82) is 0 Å². The highest BCUT2D eigenvalue weighted by molar-refractivity contribution is 5.78. The summed E-state index contributed by atoms with van der Waals surface area (Å²) >= 11 is 0. The average Bonchev–Trinajstić information content (AvgIpc) is 2.23. The molecule has 1 fully saturated rings. The van der Waals surface area contributed by atoms with E-state index in [1.807, 2.05) is 6.07 Å². The van der Waals surface area contributed by atoms with Crippen LogP contribution >= 0.6 is 0 Å². The second kappa shape index (κ2) is 4.06. The zero-order valence-electron chi connectivity index (χ0n) is 8.93. The van der Waals surface area contributed by atoms with Gasteiger partial charge >= 0.3 is 5.97 Å². The lowest BCUT2D eigenvalue weighted by atomic mass is 9.88. The second-order valence-electron chi connectivity index (χ2n) is 3.79. The predicted octanol–water partition coefficient (Wildman–Crippen LogP) is 1.29. The Kier molecular flexibility index (Phi) is 2.75. The minimum absolute atomic E-state index is 0.303. The molecule has 0 unspecified atom stereocenters. The molecule has 0 spiro atoms. The molecular weight excluding hydrogens is 208 g/mol. The Hall–Kier alpha value is -1.68. The average molecular weight is 220 g/mol. The largest absolute Gasteiger partial charge is 0.449 e. The first-order valence-corrected chi connectivity index (χ1v) is 5.00. The van der Waals surface area contributed by atoms with Crippen LogP contribution in [0.5, 0.6) is 0 Å². The van der Waals surface area contributed by atoms with E-state index in [0.717, 1.165) is 6.29 Å². The normalized spacial score (nSPS) is 17.3. The molecule has 84 valence electrons. The molecule has 0 bridgehead atoms. The molecule has 0 radical (unpaired) electrons. The number of benzene rings is 1. The first kappa shape index (κ1) is 10.8. The van der Waals surface area contributed by atoms with Gasteiger partial charge in [-0.25, -0.2) is 0 Å². The van der Waals surface area contributed by atoms with Crippen LogP contribution in [0.1, 0.15) is 22.8 Å². The van der Waals surface area contributed by atoms with Gasteiger partial charge in [-0.3, -0.25) is 9.59 Å². The molecule has 0 aliphatic carbocycles. The highest BCUT2D eigenvalue weighted by Crippen LogP contribution is 2.35. The SMILES string of the molecule is CC(=O)OC1(c2ccccc2C=O)COC1. The summed E-state index contributed by atoms with van der Waals surface area (Å²) in [5.74, 6) is -0.371. The van der Waals surface area contributed by atoms with E-state index in [4.69, 9.17) is 9.47 Å². The molecule has 0 saturated carbocycles. The Morgan fingerprint density at radius 2 is 2.12 bits per heavy atom. The Morgan fingerprint density at radius 3 is 2.62 bits per heavy atom. The molecule has 16 heavy (non-hydrogen) atoms. The molecule has 1 aliphatic rings. The van der Waals surface area contributed by atoms with Gasteiger partial charge in [0.1, 0.15) is 6.29 Å². The fourth-order valence-corrected chi connectivity index (χ4v) is 1.85. The van der Waals surface area contributed by atoms with Crippen LogP contribution in [0.4, 0.5) is 0 Å². The third-order valence-electron chi connectivity index (χ3n) is 2.59. The summed E-state index contributed by atoms with van der Waals surface area (Å²) in [6.45, 7) is 1.96. The minimum atomic E-state index is -0.774. The zero-order valence-corrected chi connectivity index (χ0v) is 8.93. The van der Waals surface area contributed by atoms with Crippen molar-refractivity contribution in [3.8, 4) is 0 Å². The maximum Gasteiger partial charge on any atom is 0.303 e. The summed E-state index contributed by atoms with van der Waals surface area (Å²) in [5, 5.41) is 0. The van der Waals surface area contributed by atoms with Crippen LogP contribution in [0.3, 0.4) is 0 Å². The van der Waals surface area contributed by atoms with Crippen LogP contribution < -0.4 is 0 Å². The van der Waals surface area contributed by atoms with Gasteiger partial charge in [0.25, 0.3) is 0 Å². The number of rotatable bonds is 3. The number of esters is 1. The summed E-state index contributed by atoms with van der Waals surface area (Å²) in [4.78, 5) is 22.0. The third kappa shape index (κ3) is 1.72. The first-order valence-electron chi connectivity index (χ1n) is 5.00. The lowest BCUT2D eigenvalue weighted by Crippen LogP contribution is -2.50. The van der Waals surface area contributed by atoms with Crippen molar-refractivity contribution >= 4 is 12.3 Å². The molecule has 1 heterocycles. The van der Waals surface area contributed by atoms with Gasteiger partial charge in [-0.2, -0.15) is 0 Å². The molecule has 0 atom stereocenters. The van der Waals surface area contributed by atoms with E-state index in [0.29, 0.717) is 24.3 Å². The summed E-state index contributed by atoms with van der Waals surface area (Å²) in [5.41, 5.74) is 0.474. The Balaban J connectivity index is 2.40. The Bertz CT molecular complexity index is 421. The summed E-state index contributed by atoms with van der Waals surface area (Å²) < 4.78 is 10.4. The number of hydrogen-bond acceptors (Lipinski definition) is 4. The van der Waals surface area contributed by atoms with Crippen molar-refractivity contribution in [1.82, 2.24) is 0 Å². The van der Waals surface area contributed by atoms with Gasteiger partial charge in [-0.15, -0.1) is 0 Å². The van der Waals surface area contributed by atoms with Gasteiger partial charge in [0, 0.05) is 18.1 Å². The maximum atomic E-state index is 11.1. The van der Waals surface area contributed by atoms with Crippen LogP contribution in [0.15, 0.2) is 24.3 Å². The van der Waals surface area contributed by atoms with Crippen LogP contribution in [0.25, 0.3) is 0 Å². The van der Waals surface area contributed by atoms with Gasteiger partial charge in [-0.1, -0.05) is 24.3 Å². The van der Waals surface area contributed by atoms with Crippen molar-refractivity contribution in [2.24, 2.45) is 0 Å². The van der Waals surface area contributed by atoms with Crippen LogP contribution in [0, 0.1) is 0 Å². The number of aldehydes is 1. The Morgan fingerprint density at radius 1 is 1.44 bits per heavy atom. The molecule has 1 aliphatic heterocycles. The van der Waals surface area contributed by atoms with Gasteiger partial charge in [-0.05, 0) is 0 Å². The quantitative estimate of drug-likeness (QED) is 0.569. The van der Waals surface area contributed by atoms with Gasteiger partial charge in [0.05, 0.1) is 13.2 Å². The lowest BCUT2D eigenvalue weighted by molar-refractivity contribution is -0.216. The molecular formula is C12H12O4. The molecule has 0 amide bonds. The lowest BCUT2D eigenvalue weighted by Gasteiger charge is -2.41. The number of hydrogen-bond donors (Lipinski definition) is 0. The molecule has 1 aromatic carbocycles. The molecule has 1 saturated heterocycles. The minimum Gasteiger partial charge on any atom is -0.449 e.